The van der Waals surface area contributed by atoms with Crippen molar-refractivity contribution in [1.29, 1.82) is 0 Å². The lowest BCUT2D eigenvalue weighted by Gasteiger charge is -2.50. The van der Waals surface area contributed by atoms with E-state index in [9.17, 15) is 0 Å². The Bertz CT molecular complexity index is 2460. The number of hydrogen-bond acceptors (Lipinski definition) is 4. The van der Waals surface area contributed by atoms with E-state index >= 15 is 0 Å². The first-order valence-electron chi connectivity index (χ1n) is 21.5. The third-order valence-electron chi connectivity index (χ3n) is 16.0. The molecule has 4 unspecified atom stereocenters. The van der Waals surface area contributed by atoms with E-state index in [1.807, 2.05) is 12.4 Å². The van der Waals surface area contributed by atoms with Crippen LogP contribution in [0.2, 0.25) is 0 Å². The second-order valence-corrected chi connectivity index (χ2v) is 19.0. The molecule has 5 aliphatic rings. The summed E-state index contributed by atoms with van der Waals surface area (Å²) < 4.78 is 0. The Morgan fingerprint density at radius 1 is 0.456 bits per heavy atom. The van der Waals surface area contributed by atoms with Gasteiger partial charge in [-0.25, -0.2) is 0 Å². The molecule has 4 aromatic carbocycles. The molecule has 4 heterocycles. The van der Waals surface area contributed by atoms with Gasteiger partial charge >= 0.3 is 0 Å². The summed E-state index contributed by atoms with van der Waals surface area (Å²) in [5.41, 5.74) is 21.6. The normalized spacial score (nSPS) is 26.7. The summed E-state index contributed by atoms with van der Waals surface area (Å²) in [7, 11) is 0. The Labute approximate surface area is 339 Å². The number of benzene rings is 4. The van der Waals surface area contributed by atoms with Crippen LogP contribution in [0.15, 0.2) is 109 Å². The number of aromatic nitrogens is 2. The fourth-order valence-corrected chi connectivity index (χ4v) is 12.5. The van der Waals surface area contributed by atoms with E-state index < -0.39 is 0 Å². The third-order valence-corrected chi connectivity index (χ3v) is 16.0. The molecule has 2 aliphatic heterocycles. The van der Waals surface area contributed by atoms with E-state index in [0.29, 0.717) is 0 Å². The summed E-state index contributed by atoms with van der Waals surface area (Å²) in [5, 5.41) is 0. The van der Waals surface area contributed by atoms with Gasteiger partial charge in [0.15, 0.2) is 0 Å². The topological polar surface area (TPSA) is 32.3 Å². The molecule has 57 heavy (non-hydrogen) atoms. The van der Waals surface area contributed by atoms with E-state index in [0.717, 1.165) is 17.8 Å². The molecule has 4 atom stereocenters. The molecule has 4 heteroatoms. The van der Waals surface area contributed by atoms with Crippen LogP contribution < -0.4 is 9.80 Å². The highest BCUT2D eigenvalue weighted by molar-refractivity contribution is 5.86. The van der Waals surface area contributed by atoms with Crippen molar-refractivity contribution in [3.8, 4) is 33.4 Å². The van der Waals surface area contributed by atoms with Crippen LogP contribution in [0, 0.1) is 13.8 Å². The maximum Gasteiger partial charge on any atom is 0.0517 e. The van der Waals surface area contributed by atoms with Gasteiger partial charge in [-0.3, -0.25) is 9.97 Å². The van der Waals surface area contributed by atoms with Gasteiger partial charge in [-0.1, -0.05) is 88.1 Å². The summed E-state index contributed by atoms with van der Waals surface area (Å²) in [6, 6.07) is 38.0. The average molecular weight is 747 g/mol. The monoisotopic (exact) mass is 746 g/mol. The number of pyridine rings is 2. The van der Waals surface area contributed by atoms with Gasteiger partial charge in [0, 0.05) is 57.4 Å². The first kappa shape index (κ1) is 35.0. The van der Waals surface area contributed by atoms with Crippen molar-refractivity contribution in [3.05, 3.63) is 143 Å². The van der Waals surface area contributed by atoms with Crippen molar-refractivity contribution in [3.63, 3.8) is 0 Å². The van der Waals surface area contributed by atoms with Crippen LogP contribution in [-0.2, 0) is 17.3 Å². The molecule has 0 radical (unpaired) electrons. The fraction of sp³-hybridized carbons (Fsp3) is 0.358. The van der Waals surface area contributed by atoms with E-state index in [4.69, 9.17) is 0 Å². The molecule has 6 aromatic rings. The molecule has 11 rings (SSSR count). The highest BCUT2D eigenvalue weighted by Gasteiger charge is 2.59. The number of anilines is 4. The van der Waals surface area contributed by atoms with Gasteiger partial charge in [-0.2, -0.15) is 0 Å². The molecule has 2 saturated carbocycles. The minimum absolute atomic E-state index is 0.0298. The predicted octanol–water partition coefficient (Wildman–Crippen LogP) is 13.5. The van der Waals surface area contributed by atoms with Crippen molar-refractivity contribution < 1.29 is 0 Å². The first-order valence-corrected chi connectivity index (χ1v) is 21.5. The Hall–Kier alpha value is -5.22. The molecule has 3 aliphatic carbocycles. The molecule has 0 bridgehead atoms. The molecule has 4 nitrogen and oxygen atoms in total. The van der Waals surface area contributed by atoms with Crippen molar-refractivity contribution in [2.45, 2.75) is 121 Å². The lowest BCUT2D eigenvalue weighted by atomic mass is 9.61. The maximum absolute atomic E-state index is 4.54. The molecule has 0 saturated heterocycles. The number of rotatable bonds is 4. The van der Waals surface area contributed by atoms with Gasteiger partial charge < -0.3 is 9.80 Å². The average Bonchev–Trinajstić information content (AvgIpc) is 3.75. The molecular weight excluding hydrogens is 693 g/mol. The molecule has 0 spiro atoms. The Morgan fingerprint density at radius 2 is 0.860 bits per heavy atom. The SMILES string of the molecule is Cc1cc(N2c3ccc(-c4ccc5c(c4)Cc4cc(-c6ccc7c(c6)C6(C)CCCCC6(C)N7c6ccnc(C)c6)ccc4-5)cc3C3(C)CCCCC23C)ccn1. The summed E-state index contributed by atoms with van der Waals surface area (Å²) in [6.07, 6.45) is 14.9. The van der Waals surface area contributed by atoms with Crippen LogP contribution in [0.25, 0.3) is 33.4 Å². The van der Waals surface area contributed by atoms with Gasteiger partial charge in [0.05, 0.1) is 11.1 Å². The van der Waals surface area contributed by atoms with E-state index in [-0.39, 0.29) is 21.9 Å². The largest absolute Gasteiger partial charge is 0.334 e. The lowest BCUT2D eigenvalue weighted by Crippen LogP contribution is -2.54. The predicted molar refractivity (Wildman–Crippen MR) is 236 cm³/mol. The Morgan fingerprint density at radius 3 is 1.30 bits per heavy atom. The van der Waals surface area contributed by atoms with E-state index in [2.05, 4.69) is 158 Å². The number of aryl methyl sites for hydroxylation is 2. The van der Waals surface area contributed by atoms with E-state index in [1.165, 1.54) is 130 Å². The molecule has 0 amide bonds. The Kier molecular flexibility index (Phi) is 7.46. The minimum atomic E-state index is 0.0298. The second kappa shape index (κ2) is 12.1. The molecular formula is C53H54N4. The van der Waals surface area contributed by atoms with Crippen molar-refractivity contribution >= 4 is 22.7 Å². The number of hydrogen-bond donors (Lipinski definition) is 0. The highest BCUT2D eigenvalue weighted by atomic mass is 15.3. The first-order chi connectivity index (χ1) is 27.5. The molecule has 286 valence electrons. The van der Waals surface area contributed by atoms with Gasteiger partial charge in [-0.15, -0.1) is 0 Å². The third kappa shape index (κ3) is 4.79. The maximum atomic E-state index is 4.54. The Balaban J connectivity index is 0.926. The quantitative estimate of drug-likeness (QED) is 0.180. The summed E-state index contributed by atoms with van der Waals surface area (Å²) >= 11 is 0. The fourth-order valence-electron chi connectivity index (χ4n) is 12.5. The smallest absolute Gasteiger partial charge is 0.0517 e. The zero-order valence-corrected chi connectivity index (χ0v) is 34.5. The number of fused-ring (bicyclic) bond motifs is 9. The second-order valence-electron chi connectivity index (χ2n) is 19.0. The summed E-state index contributed by atoms with van der Waals surface area (Å²) in [4.78, 5) is 14.4. The zero-order valence-electron chi connectivity index (χ0n) is 34.5. The van der Waals surface area contributed by atoms with Crippen molar-refractivity contribution in [1.82, 2.24) is 9.97 Å². The van der Waals surface area contributed by atoms with Gasteiger partial charge in [0.1, 0.15) is 0 Å². The van der Waals surface area contributed by atoms with Crippen LogP contribution in [0.4, 0.5) is 22.7 Å². The molecule has 0 N–H and O–H groups in total. The van der Waals surface area contributed by atoms with Crippen LogP contribution in [0.1, 0.15) is 113 Å². The minimum Gasteiger partial charge on any atom is -0.334 e. The zero-order chi connectivity index (χ0) is 38.9. The van der Waals surface area contributed by atoms with Gasteiger partial charge in [-0.05, 0) is 164 Å². The van der Waals surface area contributed by atoms with Gasteiger partial charge in [0.2, 0.25) is 0 Å². The summed E-state index contributed by atoms with van der Waals surface area (Å²) in [5.74, 6) is 0. The van der Waals surface area contributed by atoms with Crippen LogP contribution in [-0.4, -0.2) is 21.0 Å². The van der Waals surface area contributed by atoms with Crippen molar-refractivity contribution in [2.75, 3.05) is 9.80 Å². The summed E-state index contributed by atoms with van der Waals surface area (Å²) in [6.45, 7) is 14.3. The van der Waals surface area contributed by atoms with Crippen LogP contribution >= 0.6 is 0 Å². The molecule has 2 fully saturated rings. The van der Waals surface area contributed by atoms with Gasteiger partial charge in [0.25, 0.3) is 0 Å². The van der Waals surface area contributed by atoms with Crippen LogP contribution in [0.3, 0.4) is 0 Å². The standard InChI is InChI=1S/C53H54N4/c1-34-27-42(19-25-54-34)56-48-17-13-38(32-46(48)50(3)21-7-9-23-52(50,56)5)36-11-15-44-40(29-36)31-41-30-37(12-16-45(41)44)39-14-18-49-47(33-39)51(4)22-8-10-24-53(51,6)57(49)43-20-26-55-35(2)28-43/h11-20,25-30,32-33H,7-10,21-24,31H2,1-6H3. The highest BCUT2D eigenvalue weighted by Crippen LogP contribution is 2.63. The number of nitrogens with zero attached hydrogens (tertiary/aromatic N) is 4. The van der Waals surface area contributed by atoms with E-state index in [1.54, 1.807) is 0 Å². The van der Waals surface area contributed by atoms with Crippen molar-refractivity contribution in [2.24, 2.45) is 0 Å². The lowest BCUT2D eigenvalue weighted by molar-refractivity contribution is 0.195. The molecule has 2 aromatic heterocycles. The van der Waals surface area contributed by atoms with Crippen LogP contribution in [0.5, 0.6) is 0 Å².